The highest BCUT2D eigenvalue weighted by Gasteiger charge is 2.40. The second-order valence-corrected chi connectivity index (χ2v) is 15.2. The summed E-state index contributed by atoms with van der Waals surface area (Å²) in [6, 6.07) is 17.7. The van der Waals surface area contributed by atoms with Crippen LogP contribution in [0.3, 0.4) is 0 Å². The van der Waals surface area contributed by atoms with Crippen molar-refractivity contribution in [1.29, 1.82) is 0 Å². The van der Waals surface area contributed by atoms with Crippen molar-refractivity contribution in [3.05, 3.63) is 88.9 Å². The van der Waals surface area contributed by atoms with Crippen molar-refractivity contribution in [2.45, 2.75) is 82.2 Å². The molecule has 0 spiro atoms. The monoisotopic (exact) mass is 628 g/mol. The van der Waals surface area contributed by atoms with Crippen molar-refractivity contribution in [2.75, 3.05) is 25.2 Å². The number of rotatable bonds is 7. The number of hydrogen-bond donors (Lipinski definition) is 2. The number of ether oxygens (including phenoxy) is 1. The molecular formula is C35H44N6O3S. The summed E-state index contributed by atoms with van der Waals surface area (Å²) in [5, 5.41) is 15.3. The number of amides is 2. The third kappa shape index (κ3) is 6.55. The first kappa shape index (κ1) is 31.4. The molecule has 3 heterocycles. The second-order valence-electron chi connectivity index (χ2n) is 13.8. The zero-order valence-corrected chi connectivity index (χ0v) is 27.9. The molecule has 2 aromatic carbocycles. The van der Waals surface area contributed by atoms with Crippen LogP contribution in [0.25, 0.3) is 5.65 Å². The van der Waals surface area contributed by atoms with Gasteiger partial charge < -0.3 is 19.9 Å². The SMILES string of the molecule is CN1CCC[C@@]1(C)c1nnc2ccc(O[C@@H]3CC[C@H](NC(=O)Nc4cc(C[S+](C)[O-])cc(C(C)(C)C)c4)c4ccccc43)cn12. The summed E-state index contributed by atoms with van der Waals surface area (Å²) in [5.74, 6) is 2.14. The van der Waals surface area contributed by atoms with E-state index in [0.29, 0.717) is 11.4 Å². The highest BCUT2D eigenvalue weighted by Crippen LogP contribution is 2.40. The van der Waals surface area contributed by atoms with Crippen LogP contribution < -0.4 is 15.4 Å². The summed E-state index contributed by atoms with van der Waals surface area (Å²) in [4.78, 5) is 15.7. The normalized spacial score (nSPS) is 22.6. The Kier molecular flexibility index (Phi) is 8.58. The summed E-state index contributed by atoms with van der Waals surface area (Å²) in [5.41, 5.74) is 5.39. The summed E-state index contributed by atoms with van der Waals surface area (Å²) in [6.07, 6.45) is 7.22. The molecule has 0 radical (unpaired) electrons. The van der Waals surface area contributed by atoms with Gasteiger partial charge in [-0.1, -0.05) is 62.3 Å². The van der Waals surface area contributed by atoms with Crippen LogP contribution in [0.1, 0.15) is 93.6 Å². The molecule has 1 fully saturated rings. The number of likely N-dealkylation sites (tertiary alicyclic amines) is 1. The van der Waals surface area contributed by atoms with Crippen LogP contribution in [0.5, 0.6) is 5.75 Å². The maximum atomic E-state index is 13.3. The third-order valence-electron chi connectivity index (χ3n) is 9.36. The zero-order chi connectivity index (χ0) is 31.9. The van der Waals surface area contributed by atoms with Crippen molar-refractivity contribution in [3.8, 4) is 5.75 Å². The number of pyridine rings is 1. The molecule has 1 aliphatic heterocycles. The van der Waals surface area contributed by atoms with Crippen molar-refractivity contribution in [2.24, 2.45) is 0 Å². The van der Waals surface area contributed by atoms with Gasteiger partial charge in [-0.3, -0.25) is 9.30 Å². The van der Waals surface area contributed by atoms with Gasteiger partial charge in [0.05, 0.1) is 24.0 Å². The minimum absolute atomic E-state index is 0.110. The molecule has 2 amide bonds. The number of aromatic nitrogens is 3. The van der Waals surface area contributed by atoms with E-state index in [-0.39, 0.29) is 29.1 Å². The lowest BCUT2D eigenvalue weighted by molar-refractivity contribution is 0.170. The molecule has 2 N–H and O–H groups in total. The van der Waals surface area contributed by atoms with Crippen LogP contribution >= 0.6 is 0 Å². The number of carbonyl (C=O) groups excluding carboxylic acids is 1. The van der Waals surface area contributed by atoms with E-state index in [1.54, 1.807) is 6.26 Å². The number of carbonyl (C=O) groups is 1. The van der Waals surface area contributed by atoms with Crippen LogP contribution in [0.15, 0.2) is 60.8 Å². The van der Waals surface area contributed by atoms with E-state index in [0.717, 1.165) is 71.7 Å². The lowest BCUT2D eigenvalue weighted by Crippen LogP contribution is -2.37. The predicted octanol–water partition coefficient (Wildman–Crippen LogP) is 6.62. The highest BCUT2D eigenvalue weighted by atomic mass is 32.2. The molecule has 238 valence electrons. The number of nitrogens with zero attached hydrogens (tertiary/aromatic N) is 4. The Hall–Kier alpha value is -3.60. The number of benzene rings is 2. The molecule has 2 aromatic heterocycles. The summed E-state index contributed by atoms with van der Waals surface area (Å²) >= 11 is -0.982. The van der Waals surface area contributed by atoms with Crippen molar-refractivity contribution in [3.63, 3.8) is 0 Å². The molecule has 4 atom stereocenters. The minimum atomic E-state index is -0.982. The van der Waals surface area contributed by atoms with E-state index in [2.05, 4.69) is 83.1 Å². The molecule has 10 heteroatoms. The average molecular weight is 629 g/mol. The Balaban J connectivity index is 1.19. The average Bonchev–Trinajstić information content (AvgIpc) is 3.56. The van der Waals surface area contributed by atoms with Crippen molar-refractivity contribution >= 4 is 28.5 Å². The Morgan fingerprint density at radius 1 is 1.11 bits per heavy atom. The van der Waals surface area contributed by atoms with E-state index >= 15 is 0 Å². The molecule has 2 aliphatic rings. The number of fused-ring (bicyclic) bond motifs is 2. The number of urea groups is 1. The maximum absolute atomic E-state index is 13.3. The Labute approximate surface area is 268 Å². The van der Waals surface area contributed by atoms with E-state index in [9.17, 15) is 9.35 Å². The van der Waals surface area contributed by atoms with Gasteiger partial charge in [0.2, 0.25) is 0 Å². The zero-order valence-electron chi connectivity index (χ0n) is 27.1. The van der Waals surface area contributed by atoms with Crippen LogP contribution in [-0.4, -0.2) is 49.9 Å². The molecule has 0 saturated carbocycles. The van der Waals surface area contributed by atoms with Gasteiger partial charge in [-0.2, -0.15) is 0 Å². The fourth-order valence-electron chi connectivity index (χ4n) is 6.72. The van der Waals surface area contributed by atoms with E-state index in [1.807, 2.05) is 42.6 Å². The number of hydrogen-bond acceptors (Lipinski definition) is 6. The van der Waals surface area contributed by atoms with Gasteiger partial charge in [-0.25, -0.2) is 4.79 Å². The highest BCUT2D eigenvalue weighted by molar-refractivity contribution is 7.89. The lowest BCUT2D eigenvalue weighted by Gasteiger charge is -2.32. The van der Waals surface area contributed by atoms with Gasteiger partial charge in [0.1, 0.15) is 17.6 Å². The maximum Gasteiger partial charge on any atom is 0.319 e. The summed E-state index contributed by atoms with van der Waals surface area (Å²) in [7, 11) is 2.15. The third-order valence-corrected chi connectivity index (χ3v) is 10.1. The largest absolute Gasteiger partial charge is 0.616 e. The second kappa shape index (κ2) is 12.3. The standard InChI is InChI=1S/C35H44N6O3S/c1-34(2,3)24-18-23(22-45(6)43)19-25(20-24)36-33(42)37-29-13-14-30(28-11-8-7-10-27(28)29)44-26-12-15-31-38-39-32(41(31)21-26)35(4)16-9-17-40(35)5/h7-8,10-12,15,18-21,29-30H,9,13-14,16-17,22H2,1-6H3,(H2,36,37,42)/t29-,30+,35-,45?/m0/s1. The number of nitrogens with one attached hydrogen (secondary N) is 2. The molecule has 0 bridgehead atoms. The molecule has 1 saturated heterocycles. The molecular weight excluding hydrogens is 584 g/mol. The lowest BCUT2D eigenvalue weighted by atomic mass is 9.85. The summed E-state index contributed by atoms with van der Waals surface area (Å²) < 4.78 is 20.7. The van der Waals surface area contributed by atoms with Crippen LogP contribution in [-0.2, 0) is 27.9 Å². The minimum Gasteiger partial charge on any atom is -0.616 e. The fraction of sp³-hybridized carbons (Fsp3) is 0.457. The van der Waals surface area contributed by atoms with Gasteiger partial charge in [-0.05, 0) is 92.6 Å². The molecule has 4 aromatic rings. The fourth-order valence-corrected chi connectivity index (χ4v) is 7.35. The smallest absolute Gasteiger partial charge is 0.319 e. The first-order chi connectivity index (χ1) is 21.4. The topological polar surface area (TPSA) is 107 Å². The van der Waals surface area contributed by atoms with E-state index in [4.69, 9.17) is 4.74 Å². The summed E-state index contributed by atoms with van der Waals surface area (Å²) in [6.45, 7) is 9.67. The first-order valence-corrected chi connectivity index (χ1v) is 17.5. The van der Waals surface area contributed by atoms with Crippen molar-refractivity contribution in [1.82, 2.24) is 24.8 Å². The van der Waals surface area contributed by atoms with Gasteiger partial charge >= 0.3 is 6.03 Å². The van der Waals surface area contributed by atoms with Crippen LogP contribution in [0.2, 0.25) is 0 Å². The van der Waals surface area contributed by atoms with Crippen LogP contribution in [0.4, 0.5) is 10.5 Å². The Morgan fingerprint density at radius 3 is 2.60 bits per heavy atom. The van der Waals surface area contributed by atoms with Gasteiger partial charge in [-0.15, -0.1) is 10.2 Å². The Bertz CT molecular complexity index is 1700. The van der Waals surface area contributed by atoms with Gasteiger partial charge in [0.25, 0.3) is 0 Å². The number of anilines is 1. The quantitative estimate of drug-likeness (QED) is 0.223. The molecule has 1 unspecified atom stereocenters. The van der Waals surface area contributed by atoms with Gasteiger partial charge in [0, 0.05) is 11.3 Å². The Morgan fingerprint density at radius 2 is 1.89 bits per heavy atom. The van der Waals surface area contributed by atoms with E-state index in [1.165, 1.54) is 0 Å². The van der Waals surface area contributed by atoms with Gasteiger partial charge in [0.15, 0.2) is 11.5 Å². The molecule has 9 nitrogen and oxygen atoms in total. The van der Waals surface area contributed by atoms with Crippen molar-refractivity contribution < 1.29 is 14.1 Å². The molecule has 6 rings (SSSR count). The predicted molar refractivity (Wildman–Crippen MR) is 179 cm³/mol. The first-order valence-electron chi connectivity index (χ1n) is 15.7. The van der Waals surface area contributed by atoms with Crippen LogP contribution in [0, 0.1) is 0 Å². The molecule has 45 heavy (non-hydrogen) atoms. The van der Waals surface area contributed by atoms with E-state index < -0.39 is 11.2 Å². The molecule has 1 aliphatic carbocycles.